The molecule has 1 aromatic heterocycles. The molecule has 2 unspecified atom stereocenters. The number of nitrogens with one attached hydrogen (secondary N) is 1. The molecule has 0 bridgehead atoms. The van der Waals surface area contributed by atoms with E-state index in [4.69, 9.17) is 4.74 Å². The third kappa shape index (κ3) is 3.87. The van der Waals surface area contributed by atoms with E-state index in [0.29, 0.717) is 13.0 Å². The van der Waals surface area contributed by atoms with Gasteiger partial charge < -0.3 is 15.0 Å². The van der Waals surface area contributed by atoms with E-state index >= 15 is 0 Å². The Bertz CT molecular complexity index is 787. The SMILES string of the molecule is CNC(=O)C1CC(Oc2ccccc2)CN1C(=O)Cn1nc(C)cc1C. The van der Waals surface area contributed by atoms with Crippen molar-refractivity contribution in [2.75, 3.05) is 13.6 Å². The highest BCUT2D eigenvalue weighted by molar-refractivity contribution is 5.88. The van der Waals surface area contributed by atoms with Crippen LogP contribution in [0.25, 0.3) is 0 Å². The zero-order valence-corrected chi connectivity index (χ0v) is 15.3. The van der Waals surface area contributed by atoms with Gasteiger partial charge in [-0.25, -0.2) is 0 Å². The van der Waals surface area contributed by atoms with Crippen LogP contribution in [-0.4, -0.2) is 52.2 Å². The Balaban J connectivity index is 1.73. The quantitative estimate of drug-likeness (QED) is 0.876. The maximum absolute atomic E-state index is 12.8. The zero-order valence-electron chi connectivity index (χ0n) is 15.3. The van der Waals surface area contributed by atoms with Gasteiger partial charge in [0.25, 0.3) is 0 Å². The lowest BCUT2D eigenvalue weighted by Crippen LogP contribution is -2.46. The first-order valence-corrected chi connectivity index (χ1v) is 8.71. The summed E-state index contributed by atoms with van der Waals surface area (Å²) in [6, 6.07) is 10.8. The summed E-state index contributed by atoms with van der Waals surface area (Å²) in [5, 5.41) is 6.98. The lowest BCUT2D eigenvalue weighted by molar-refractivity contribution is -0.138. The number of hydrogen-bond donors (Lipinski definition) is 1. The number of nitrogens with zero attached hydrogens (tertiary/aromatic N) is 3. The van der Waals surface area contributed by atoms with Gasteiger partial charge in [0.1, 0.15) is 24.4 Å². The van der Waals surface area contributed by atoms with E-state index < -0.39 is 6.04 Å². The maximum atomic E-state index is 12.8. The molecule has 7 heteroatoms. The van der Waals surface area contributed by atoms with Crippen molar-refractivity contribution in [3.63, 3.8) is 0 Å². The third-order valence-electron chi connectivity index (χ3n) is 4.57. The van der Waals surface area contributed by atoms with Crippen LogP contribution in [0.4, 0.5) is 0 Å². The molecule has 1 saturated heterocycles. The molecule has 138 valence electrons. The van der Waals surface area contributed by atoms with Gasteiger partial charge in [-0.05, 0) is 32.0 Å². The van der Waals surface area contributed by atoms with E-state index in [9.17, 15) is 9.59 Å². The van der Waals surface area contributed by atoms with Gasteiger partial charge in [0.2, 0.25) is 11.8 Å². The van der Waals surface area contributed by atoms with E-state index in [2.05, 4.69) is 10.4 Å². The second-order valence-corrected chi connectivity index (χ2v) is 6.55. The van der Waals surface area contributed by atoms with Gasteiger partial charge in [-0.2, -0.15) is 5.10 Å². The first-order valence-electron chi connectivity index (χ1n) is 8.71. The molecule has 1 fully saturated rings. The first kappa shape index (κ1) is 18.0. The maximum Gasteiger partial charge on any atom is 0.245 e. The van der Waals surface area contributed by atoms with Crippen LogP contribution in [-0.2, 0) is 16.1 Å². The summed E-state index contributed by atoms with van der Waals surface area (Å²) in [4.78, 5) is 26.7. The van der Waals surface area contributed by atoms with Crippen LogP contribution in [0.15, 0.2) is 36.4 Å². The number of hydrogen-bond acceptors (Lipinski definition) is 4. The van der Waals surface area contributed by atoms with Gasteiger partial charge in [-0.15, -0.1) is 0 Å². The van der Waals surface area contributed by atoms with Gasteiger partial charge in [0.15, 0.2) is 0 Å². The second kappa shape index (κ2) is 7.59. The van der Waals surface area contributed by atoms with Crippen LogP contribution in [0.3, 0.4) is 0 Å². The molecule has 7 nitrogen and oxygen atoms in total. The average Bonchev–Trinajstić information content (AvgIpc) is 3.18. The molecule has 1 aromatic carbocycles. The van der Waals surface area contributed by atoms with Crippen molar-refractivity contribution in [3.05, 3.63) is 47.8 Å². The second-order valence-electron chi connectivity index (χ2n) is 6.55. The van der Waals surface area contributed by atoms with Crippen LogP contribution in [0, 0.1) is 13.8 Å². The van der Waals surface area contributed by atoms with E-state index in [1.54, 1.807) is 16.6 Å². The molecule has 2 heterocycles. The number of benzene rings is 1. The lowest BCUT2D eigenvalue weighted by Gasteiger charge is -2.23. The Hall–Kier alpha value is -2.83. The average molecular weight is 356 g/mol. The summed E-state index contributed by atoms with van der Waals surface area (Å²) in [6.07, 6.45) is 0.251. The molecule has 0 saturated carbocycles. The highest BCUT2D eigenvalue weighted by Gasteiger charge is 2.40. The minimum atomic E-state index is -0.529. The molecule has 1 N–H and O–H groups in total. The zero-order chi connectivity index (χ0) is 18.7. The van der Waals surface area contributed by atoms with Crippen molar-refractivity contribution in [1.29, 1.82) is 0 Å². The van der Waals surface area contributed by atoms with Gasteiger partial charge in [-0.1, -0.05) is 18.2 Å². The molecule has 0 spiro atoms. The van der Waals surface area contributed by atoms with E-state index in [1.807, 2.05) is 50.2 Å². The molecule has 3 rings (SSSR count). The van der Waals surface area contributed by atoms with Gasteiger partial charge >= 0.3 is 0 Å². The van der Waals surface area contributed by atoms with Crippen molar-refractivity contribution in [2.45, 2.75) is 39.0 Å². The fourth-order valence-electron chi connectivity index (χ4n) is 3.32. The summed E-state index contributed by atoms with van der Waals surface area (Å²) in [6.45, 7) is 4.30. The Labute approximate surface area is 152 Å². The van der Waals surface area contributed by atoms with Gasteiger partial charge in [0, 0.05) is 19.2 Å². The van der Waals surface area contributed by atoms with Crippen LogP contribution in [0.2, 0.25) is 0 Å². The number of ether oxygens (including phenoxy) is 1. The van der Waals surface area contributed by atoms with E-state index in [0.717, 1.165) is 17.1 Å². The standard InChI is InChI=1S/C19H24N4O3/c1-13-9-14(2)23(21-13)12-18(24)22-11-16(10-17(22)19(25)20-3)26-15-7-5-4-6-8-15/h4-9,16-17H,10-12H2,1-3H3,(H,20,25). The number of carbonyl (C=O) groups excluding carboxylic acids is 2. The summed E-state index contributed by atoms with van der Waals surface area (Å²) < 4.78 is 7.63. The minimum absolute atomic E-state index is 0.116. The summed E-state index contributed by atoms with van der Waals surface area (Å²) >= 11 is 0. The minimum Gasteiger partial charge on any atom is -0.488 e. The van der Waals surface area contributed by atoms with E-state index in [-0.39, 0.29) is 24.5 Å². The lowest BCUT2D eigenvalue weighted by atomic mass is 10.2. The highest BCUT2D eigenvalue weighted by atomic mass is 16.5. The molecule has 26 heavy (non-hydrogen) atoms. The Morgan fingerprint density at radius 3 is 2.62 bits per heavy atom. The molecular weight excluding hydrogens is 332 g/mol. The molecule has 1 aliphatic rings. The summed E-state index contributed by atoms with van der Waals surface area (Å²) in [5.41, 5.74) is 1.79. The van der Waals surface area contributed by atoms with Gasteiger partial charge in [0.05, 0.1) is 12.2 Å². The smallest absolute Gasteiger partial charge is 0.245 e. The molecule has 0 aliphatic carbocycles. The predicted molar refractivity (Wildman–Crippen MR) is 96.7 cm³/mol. The number of carbonyl (C=O) groups is 2. The molecule has 0 radical (unpaired) electrons. The van der Waals surface area contributed by atoms with Crippen molar-refractivity contribution >= 4 is 11.8 Å². The Kier molecular flexibility index (Phi) is 5.25. The van der Waals surface area contributed by atoms with Crippen LogP contribution in [0.5, 0.6) is 5.75 Å². The van der Waals surface area contributed by atoms with Gasteiger partial charge in [-0.3, -0.25) is 14.3 Å². The molecule has 2 amide bonds. The fourth-order valence-corrected chi connectivity index (χ4v) is 3.32. The number of para-hydroxylation sites is 1. The monoisotopic (exact) mass is 356 g/mol. The number of likely N-dealkylation sites (N-methyl/N-ethyl adjacent to an activating group) is 1. The van der Waals surface area contributed by atoms with Crippen molar-refractivity contribution < 1.29 is 14.3 Å². The van der Waals surface area contributed by atoms with Crippen molar-refractivity contribution in [3.8, 4) is 5.75 Å². The normalized spacial score (nSPS) is 19.4. The molecular formula is C19H24N4O3. The number of rotatable bonds is 5. The topological polar surface area (TPSA) is 76.5 Å². The Morgan fingerprint density at radius 1 is 1.27 bits per heavy atom. The molecule has 2 atom stereocenters. The third-order valence-corrected chi connectivity index (χ3v) is 4.57. The molecule has 2 aromatic rings. The van der Waals surface area contributed by atoms with Crippen molar-refractivity contribution in [2.24, 2.45) is 0 Å². The fraction of sp³-hybridized carbons (Fsp3) is 0.421. The van der Waals surface area contributed by atoms with E-state index in [1.165, 1.54) is 0 Å². The highest BCUT2D eigenvalue weighted by Crippen LogP contribution is 2.24. The number of likely N-dealkylation sites (tertiary alicyclic amines) is 1. The number of aromatic nitrogens is 2. The van der Waals surface area contributed by atoms with Crippen LogP contribution >= 0.6 is 0 Å². The number of amides is 2. The van der Waals surface area contributed by atoms with Crippen LogP contribution in [0.1, 0.15) is 17.8 Å². The predicted octanol–water partition coefficient (Wildman–Crippen LogP) is 1.29. The summed E-state index contributed by atoms with van der Waals surface area (Å²) in [7, 11) is 1.58. The molecule has 1 aliphatic heterocycles. The first-order chi connectivity index (χ1) is 12.5. The Morgan fingerprint density at radius 2 is 2.00 bits per heavy atom. The largest absolute Gasteiger partial charge is 0.488 e. The van der Waals surface area contributed by atoms with Crippen LogP contribution < -0.4 is 10.1 Å². The van der Waals surface area contributed by atoms with Crippen molar-refractivity contribution in [1.82, 2.24) is 20.0 Å². The number of aryl methyl sites for hydroxylation is 2. The summed E-state index contributed by atoms with van der Waals surface area (Å²) in [5.74, 6) is 0.427.